The van der Waals surface area contributed by atoms with Crippen LogP contribution < -0.4 is 10.6 Å². The van der Waals surface area contributed by atoms with Gasteiger partial charge >= 0.3 is 0 Å². The monoisotopic (exact) mass is 488 g/mol. The van der Waals surface area contributed by atoms with Crippen LogP contribution in [0.4, 0.5) is 8.78 Å². The van der Waals surface area contributed by atoms with Crippen LogP contribution in [-0.4, -0.2) is 31.5 Å². The summed E-state index contributed by atoms with van der Waals surface area (Å²) in [6.07, 6.45) is 0. The molecule has 0 unspecified atom stereocenters. The van der Waals surface area contributed by atoms with Gasteiger partial charge in [-0.2, -0.15) is 0 Å². The van der Waals surface area contributed by atoms with Crippen LogP contribution in [0.15, 0.2) is 47.5 Å². The predicted octanol–water partition coefficient (Wildman–Crippen LogP) is 3.90. The SMILES string of the molecule is CCNC(=NCc1ccc(CN(C)C)cc1)NCc1cc(F)ccc1F.I. The molecule has 27 heavy (non-hydrogen) atoms. The van der Waals surface area contributed by atoms with Crippen molar-refractivity contribution in [3.8, 4) is 0 Å². The lowest BCUT2D eigenvalue weighted by Gasteiger charge is -2.12. The molecule has 2 rings (SSSR count). The lowest BCUT2D eigenvalue weighted by molar-refractivity contribution is 0.402. The molecule has 0 aromatic heterocycles. The fraction of sp³-hybridized carbons (Fsp3) is 0.350. The second kappa shape index (κ2) is 11.9. The first-order valence-electron chi connectivity index (χ1n) is 8.66. The van der Waals surface area contributed by atoms with Gasteiger partial charge in [-0.3, -0.25) is 0 Å². The highest BCUT2D eigenvalue weighted by Crippen LogP contribution is 2.10. The zero-order valence-corrected chi connectivity index (χ0v) is 18.3. The highest BCUT2D eigenvalue weighted by Gasteiger charge is 2.05. The van der Waals surface area contributed by atoms with Crippen LogP contribution in [0, 0.1) is 11.6 Å². The quantitative estimate of drug-likeness (QED) is 0.353. The second-order valence-electron chi connectivity index (χ2n) is 6.34. The van der Waals surface area contributed by atoms with Gasteiger partial charge in [-0.15, -0.1) is 24.0 Å². The van der Waals surface area contributed by atoms with Crippen molar-refractivity contribution in [2.45, 2.75) is 26.6 Å². The van der Waals surface area contributed by atoms with Crippen LogP contribution in [-0.2, 0) is 19.6 Å². The van der Waals surface area contributed by atoms with E-state index in [9.17, 15) is 8.78 Å². The Morgan fingerprint density at radius 1 is 1.00 bits per heavy atom. The molecule has 0 fully saturated rings. The smallest absolute Gasteiger partial charge is 0.191 e. The van der Waals surface area contributed by atoms with Gasteiger partial charge in [0.25, 0.3) is 0 Å². The third-order valence-electron chi connectivity index (χ3n) is 3.74. The van der Waals surface area contributed by atoms with Gasteiger partial charge < -0.3 is 15.5 Å². The highest BCUT2D eigenvalue weighted by atomic mass is 127. The summed E-state index contributed by atoms with van der Waals surface area (Å²) in [6.45, 7) is 4.20. The Kier molecular flexibility index (Phi) is 10.2. The van der Waals surface area contributed by atoms with E-state index in [1.807, 2.05) is 21.0 Å². The van der Waals surface area contributed by atoms with Gasteiger partial charge in [0.1, 0.15) is 11.6 Å². The second-order valence-corrected chi connectivity index (χ2v) is 6.34. The van der Waals surface area contributed by atoms with Gasteiger partial charge in [0.05, 0.1) is 6.54 Å². The average molecular weight is 488 g/mol. The van der Waals surface area contributed by atoms with Crippen molar-refractivity contribution in [3.63, 3.8) is 0 Å². The van der Waals surface area contributed by atoms with E-state index in [1.165, 1.54) is 11.6 Å². The van der Waals surface area contributed by atoms with E-state index in [-0.39, 0.29) is 36.1 Å². The molecule has 0 bridgehead atoms. The molecule has 0 aliphatic carbocycles. The highest BCUT2D eigenvalue weighted by molar-refractivity contribution is 14.0. The standard InChI is InChI=1S/C20H26F2N4.HI/c1-4-23-20(25-13-17-11-18(21)9-10-19(17)22)24-12-15-5-7-16(8-6-15)14-26(2)3;/h5-11H,4,12-14H2,1-3H3,(H2,23,24,25);1H. The number of hydrogen-bond donors (Lipinski definition) is 2. The Bertz CT molecular complexity index is 733. The van der Waals surface area contributed by atoms with E-state index < -0.39 is 11.6 Å². The fourth-order valence-corrected chi connectivity index (χ4v) is 2.49. The molecule has 0 radical (unpaired) electrons. The first-order valence-corrected chi connectivity index (χ1v) is 8.66. The molecule has 2 aromatic rings. The van der Waals surface area contributed by atoms with Crippen molar-refractivity contribution >= 4 is 29.9 Å². The number of benzene rings is 2. The van der Waals surface area contributed by atoms with Gasteiger partial charge in [0.2, 0.25) is 0 Å². The lowest BCUT2D eigenvalue weighted by Crippen LogP contribution is -2.37. The number of nitrogens with zero attached hydrogens (tertiary/aromatic N) is 2. The molecule has 2 aromatic carbocycles. The maximum Gasteiger partial charge on any atom is 0.191 e. The molecule has 0 amide bonds. The van der Waals surface area contributed by atoms with Crippen molar-refractivity contribution in [1.29, 1.82) is 0 Å². The third-order valence-corrected chi connectivity index (χ3v) is 3.74. The molecular formula is C20H27F2IN4. The van der Waals surface area contributed by atoms with Gasteiger partial charge in [-0.05, 0) is 50.3 Å². The molecule has 148 valence electrons. The van der Waals surface area contributed by atoms with E-state index >= 15 is 0 Å². The normalized spacial score (nSPS) is 11.3. The largest absolute Gasteiger partial charge is 0.357 e. The molecular weight excluding hydrogens is 461 g/mol. The molecule has 0 atom stereocenters. The van der Waals surface area contributed by atoms with Crippen LogP contribution in [0.1, 0.15) is 23.6 Å². The zero-order valence-electron chi connectivity index (χ0n) is 15.9. The molecule has 0 aliphatic heterocycles. The maximum atomic E-state index is 13.7. The number of nitrogens with one attached hydrogen (secondary N) is 2. The zero-order chi connectivity index (χ0) is 18.9. The Balaban J connectivity index is 0.00000364. The summed E-state index contributed by atoms with van der Waals surface area (Å²) in [7, 11) is 4.07. The van der Waals surface area contributed by atoms with Crippen molar-refractivity contribution in [1.82, 2.24) is 15.5 Å². The molecule has 4 nitrogen and oxygen atoms in total. The van der Waals surface area contributed by atoms with Gasteiger partial charge in [0, 0.05) is 25.2 Å². The van der Waals surface area contributed by atoms with Gasteiger partial charge in [0.15, 0.2) is 5.96 Å². The van der Waals surface area contributed by atoms with E-state index in [0.717, 1.165) is 24.2 Å². The number of halogens is 3. The van der Waals surface area contributed by atoms with Crippen LogP contribution in [0.2, 0.25) is 0 Å². The Labute approximate surface area is 177 Å². The topological polar surface area (TPSA) is 39.7 Å². The lowest BCUT2D eigenvalue weighted by atomic mass is 10.1. The third kappa shape index (κ3) is 8.21. The minimum absolute atomic E-state index is 0. The molecule has 2 N–H and O–H groups in total. The minimum Gasteiger partial charge on any atom is -0.357 e. The van der Waals surface area contributed by atoms with E-state index in [4.69, 9.17) is 0 Å². The number of hydrogen-bond acceptors (Lipinski definition) is 2. The summed E-state index contributed by atoms with van der Waals surface area (Å²) >= 11 is 0. The van der Waals surface area contributed by atoms with Crippen LogP contribution >= 0.6 is 24.0 Å². The number of guanidine groups is 1. The predicted molar refractivity (Wildman–Crippen MR) is 117 cm³/mol. The van der Waals surface area contributed by atoms with E-state index in [2.05, 4.69) is 44.8 Å². The number of rotatable bonds is 7. The van der Waals surface area contributed by atoms with Crippen LogP contribution in [0.5, 0.6) is 0 Å². The van der Waals surface area contributed by atoms with Gasteiger partial charge in [-0.1, -0.05) is 24.3 Å². The Hall–Kier alpha value is -1.74. The first kappa shape index (κ1) is 23.3. The van der Waals surface area contributed by atoms with Crippen LogP contribution in [0.25, 0.3) is 0 Å². The summed E-state index contributed by atoms with van der Waals surface area (Å²) in [4.78, 5) is 6.63. The van der Waals surface area contributed by atoms with Crippen LogP contribution in [0.3, 0.4) is 0 Å². The summed E-state index contributed by atoms with van der Waals surface area (Å²) in [5.41, 5.74) is 2.60. The Morgan fingerprint density at radius 2 is 1.67 bits per heavy atom. The first-order chi connectivity index (χ1) is 12.5. The molecule has 7 heteroatoms. The summed E-state index contributed by atoms with van der Waals surface area (Å²) in [5, 5.41) is 6.15. The molecule has 0 saturated heterocycles. The molecule has 0 heterocycles. The van der Waals surface area contributed by atoms with Crippen molar-refractivity contribution in [3.05, 3.63) is 70.8 Å². The van der Waals surface area contributed by atoms with E-state index in [1.54, 1.807) is 0 Å². The summed E-state index contributed by atoms with van der Waals surface area (Å²) < 4.78 is 27.0. The Morgan fingerprint density at radius 3 is 2.30 bits per heavy atom. The average Bonchev–Trinajstić information content (AvgIpc) is 2.61. The molecule has 0 aliphatic rings. The van der Waals surface area contributed by atoms with Gasteiger partial charge in [-0.25, -0.2) is 13.8 Å². The van der Waals surface area contributed by atoms with Crippen molar-refractivity contribution in [2.75, 3.05) is 20.6 Å². The maximum absolute atomic E-state index is 13.7. The fourth-order valence-electron chi connectivity index (χ4n) is 2.49. The van der Waals surface area contributed by atoms with E-state index in [0.29, 0.717) is 19.0 Å². The minimum atomic E-state index is -0.456. The summed E-state index contributed by atoms with van der Waals surface area (Å²) in [5.74, 6) is -0.331. The van der Waals surface area contributed by atoms with Crippen molar-refractivity contribution in [2.24, 2.45) is 4.99 Å². The number of aliphatic imine (C=N–C) groups is 1. The molecule has 0 spiro atoms. The summed E-state index contributed by atoms with van der Waals surface area (Å²) in [6, 6.07) is 11.7. The van der Waals surface area contributed by atoms with Crippen molar-refractivity contribution < 1.29 is 8.78 Å². The molecule has 0 saturated carbocycles.